The lowest BCUT2D eigenvalue weighted by Crippen LogP contribution is -2.38. The molecule has 0 bridgehead atoms. The first-order valence-corrected chi connectivity index (χ1v) is 14.4. The Bertz CT molecular complexity index is 1230. The van der Waals surface area contributed by atoms with Gasteiger partial charge >= 0.3 is 0 Å². The third-order valence-corrected chi connectivity index (χ3v) is 8.40. The number of hydrogen-bond donors (Lipinski definition) is 0. The molecule has 38 heavy (non-hydrogen) atoms. The molecule has 5 rings (SSSR count). The van der Waals surface area contributed by atoms with Crippen molar-refractivity contribution in [2.24, 2.45) is 0 Å². The number of aryl methyl sites for hydroxylation is 1. The highest BCUT2D eigenvalue weighted by Crippen LogP contribution is 2.29. The maximum atomic E-state index is 13.0. The van der Waals surface area contributed by atoms with Gasteiger partial charge in [0.25, 0.3) is 0 Å². The smallest absolute Gasteiger partial charge is 0.223 e. The Morgan fingerprint density at radius 2 is 1.55 bits per heavy atom. The van der Waals surface area contributed by atoms with Crippen LogP contribution in [0.1, 0.15) is 70.6 Å². The molecule has 1 fully saturated rings. The van der Waals surface area contributed by atoms with Crippen LogP contribution in [0.3, 0.4) is 0 Å². The van der Waals surface area contributed by atoms with Gasteiger partial charge in [0.1, 0.15) is 0 Å². The lowest BCUT2D eigenvalue weighted by molar-refractivity contribution is -0.132. The minimum Gasteiger partial charge on any atom is -0.343 e. The fourth-order valence-electron chi connectivity index (χ4n) is 5.88. The van der Waals surface area contributed by atoms with Crippen molar-refractivity contribution in [1.82, 2.24) is 9.80 Å². The van der Waals surface area contributed by atoms with Gasteiger partial charge in [0, 0.05) is 49.6 Å². The van der Waals surface area contributed by atoms with Gasteiger partial charge in [-0.15, -0.1) is 0 Å². The molecule has 3 aromatic rings. The Labute approximate surface area is 231 Å². The summed E-state index contributed by atoms with van der Waals surface area (Å²) in [4.78, 5) is 30.4. The summed E-state index contributed by atoms with van der Waals surface area (Å²) in [5.41, 5.74) is 6.02. The molecule has 0 unspecified atom stereocenters. The van der Waals surface area contributed by atoms with Gasteiger partial charge in [-0.3, -0.25) is 14.5 Å². The third-order valence-electron chi connectivity index (χ3n) is 8.15. The number of carbonyl (C=O) groups is 2. The van der Waals surface area contributed by atoms with Gasteiger partial charge in [0.15, 0.2) is 5.78 Å². The zero-order chi connectivity index (χ0) is 26.3. The summed E-state index contributed by atoms with van der Waals surface area (Å²) in [6.45, 7) is 4.54. The Hall–Kier alpha value is -2.95. The molecule has 2 aliphatic heterocycles. The Balaban J connectivity index is 1.12. The normalized spacial score (nSPS) is 16.9. The lowest BCUT2D eigenvalue weighted by Gasteiger charge is -2.32. The van der Waals surface area contributed by atoms with E-state index in [0.717, 1.165) is 75.4 Å². The molecule has 5 heteroatoms. The summed E-state index contributed by atoms with van der Waals surface area (Å²) in [5.74, 6) is 0.626. The van der Waals surface area contributed by atoms with E-state index in [-0.39, 0.29) is 24.5 Å². The summed E-state index contributed by atoms with van der Waals surface area (Å²) >= 11 is 6.02. The minimum atomic E-state index is 0.0698. The van der Waals surface area contributed by atoms with E-state index in [9.17, 15) is 9.59 Å². The van der Waals surface area contributed by atoms with Crippen LogP contribution in [0.15, 0.2) is 72.8 Å². The number of likely N-dealkylation sites (tertiary alicyclic amines) is 1. The summed E-state index contributed by atoms with van der Waals surface area (Å²) in [6, 6.07) is 24.9. The highest BCUT2D eigenvalue weighted by atomic mass is 35.5. The third kappa shape index (κ3) is 6.92. The maximum absolute atomic E-state index is 13.0. The standard InChI is InChI=1S/C33H37ClN2O2/c34-31-12-10-27(11-13-31)28-17-21-36(22-18-28)33(38)15-14-32(37)30-9-8-26-7-4-19-35(20-16-29(26)23-30)24-25-5-2-1-3-6-25/h1-3,5-6,8-13,23,28H,4,7,14-22,24H2. The van der Waals surface area contributed by atoms with Gasteiger partial charge in [-0.25, -0.2) is 0 Å². The van der Waals surface area contributed by atoms with Crippen molar-refractivity contribution in [2.75, 3.05) is 26.2 Å². The first-order valence-electron chi connectivity index (χ1n) is 14.0. The van der Waals surface area contributed by atoms with E-state index >= 15 is 0 Å². The highest BCUT2D eigenvalue weighted by Gasteiger charge is 2.24. The molecular formula is C33H37ClN2O2. The van der Waals surface area contributed by atoms with Crippen LogP contribution in [0.2, 0.25) is 5.02 Å². The number of rotatable bonds is 7. The number of nitrogens with zero attached hydrogens (tertiary/aromatic N) is 2. The number of carbonyl (C=O) groups excluding carboxylic acids is 2. The Morgan fingerprint density at radius 1 is 0.789 bits per heavy atom. The summed E-state index contributed by atoms with van der Waals surface area (Å²) in [7, 11) is 0. The molecule has 0 saturated carbocycles. The number of benzene rings is 3. The lowest BCUT2D eigenvalue weighted by atomic mass is 9.89. The summed E-state index contributed by atoms with van der Waals surface area (Å²) in [5, 5.41) is 0.751. The van der Waals surface area contributed by atoms with Crippen molar-refractivity contribution < 1.29 is 9.59 Å². The van der Waals surface area contributed by atoms with Gasteiger partial charge < -0.3 is 4.90 Å². The van der Waals surface area contributed by atoms with Gasteiger partial charge in [-0.1, -0.05) is 66.2 Å². The van der Waals surface area contributed by atoms with Crippen LogP contribution < -0.4 is 0 Å². The van der Waals surface area contributed by atoms with Gasteiger partial charge in [-0.2, -0.15) is 0 Å². The average Bonchev–Trinajstić information content (AvgIpc) is 2.94. The van der Waals surface area contributed by atoms with E-state index in [0.29, 0.717) is 5.92 Å². The van der Waals surface area contributed by atoms with E-state index in [1.807, 2.05) is 23.1 Å². The van der Waals surface area contributed by atoms with Crippen LogP contribution in [0.5, 0.6) is 0 Å². The number of fused-ring (bicyclic) bond motifs is 1. The fourth-order valence-corrected chi connectivity index (χ4v) is 6.01. The molecule has 0 aromatic heterocycles. The molecule has 0 radical (unpaired) electrons. The molecule has 0 N–H and O–H groups in total. The van der Waals surface area contributed by atoms with Crippen LogP contribution in [-0.2, 0) is 24.2 Å². The molecule has 198 valence electrons. The zero-order valence-electron chi connectivity index (χ0n) is 22.1. The minimum absolute atomic E-state index is 0.0698. The monoisotopic (exact) mass is 528 g/mol. The van der Waals surface area contributed by atoms with Crippen molar-refractivity contribution in [3.8, 4) is 0 Å². The van der Waals surface area contributed by atoms with Crippen LogP contribution in [0, 0.1) is 0 Å². The number of halogens is 1. The van der Waals surface area contributed by atoms with Crippen LogP contribution in [0.25, 0.3) is 0 Å². The molecule has 4 nitrogen and oxygen atoms in total. The van der Waals surface area contributed by atoms with Crippen LogP contribution >= 0.6 is 11.6 Å². The summed E-state index contributed by atoms with van der Waals surface area (Å²) < 4.78 is 0. The van der Waals surface area contributed by atoms with Crippen LogP contribution in [-0.4, -0.2) is 47.7 Å². The highest BCUT2D eigenvalue weighted by molar-refractivity contribution is 6.30. The number of amides is 1. The average molecular weight is 529 g/mol. The molecule has 0 spiro atoms. The van der Waals surface area contributed by atoms with Crippen molar-refractivity contribution in [3.63, 3.8) is 0 Å². The number of piperidine rings is 1. The largest absolute Gasteiger partial charge is 0.343 e. The van der Waals surface area contributed by atoms with Gasteiger partial charge in [0.05, 0.1) is 0 Å². The van der Waals surface area contributed by atoms with E-state index in [2.05, 4.69) is 59.5 Å². The quantitative estimate of drug-likeness (QED) is 0.320. The van der Waals surface area contributed by atoms with E-state index < -0.39 is 0 Å². The first kappa shape index (κ1) is 26.6. The van der Waals surface area contributed by atoms with Gasteiger partial charge in [0.2, 0.25) is 5.91 Å². The Morgan fingerprint density at radius 3 is 2.32 bits per heavy atom. The van der Waals surface area contributed by atoms with E-state index in [1.165, 1.54) is 22.3 Å². The molecule has 0 aliphatic carbocycles. The molecule has 0 atom stereocenters. The van der Waals surface area contributed by atoms with E-state index in [1.54, 1.807) is 0 Å². The second-order valence-corrected chi connectivity index (χ2v) is 11.2. The first-order chi connectivity index (χ1) is 18.5. The topological polar surface area (TPSA) is 40.6 Å². The van der Waals surface area contributed by atoms with Crippen molar-refractivity contribution in [2.45, 2.75) is 57.4 Å². The molecular weight excluding hydrogens is 492 g/mol. The molecule has 1 saturated heterocycles. The SMILES string of the molecule is O=C(CCC(=O)N1CCC(c2ccc(Cl)cc2)CC1)c1ccc2c(c1)CCN(Cc1ccccc1)CCC2. The number of ketones is 1. The molecule has 2 aliphatic rings. The second-order valence-electron chi connectivity index (χ2n) is 10.7. The molecule has 2 heterocycles. The van der Waals surface area contributed by atoms with Gasteiger partial charge in [-0.05, 0) is 85.0 Å². The maximum Gasteiger partial charge on any atom is 0.223 e. The number of Topliss-reactive ketones (excluding diaryl/α,β-unsaturated/α-hetero) is 1. The van der Waals surface area contributed by atoms with E-state index in [4.69, 9.17) is 11.6 Å². The Kier molecular flexibility index (Phi) is 8.93. The summed E-state index contributed by atoms with van der Waals surface area (Å²) in [6.07, 6.45) is 5.57. The van der Waals surface area contributed by atoms with Crippen LogP contribution in [0.4, 0.5) is 0 Å². The predicted molar refractivity (Wildman–Crippen MR) is 154 cm³/mol. The fraction of sp³-hybridized carbons (Fsp3) is 0.394. The second kappa shape index (κ2) is 12.7. The molecule has 3 aromatic carbocycles. The predicted octanol–water partition coefficient (Wildman–Crippen LogP) is 6.70. The number of hydrogen-bond acceptors (Lipinski definition) is 3. The zero-order valence-corrected chi connectivity index (χ0v) is 22.8. The van der Waals surface area contributed by atoms with Crippen molar-refractivity contribution in [1.29, 1.82) is 0 Å². The van der Waals surface area contributed by atoms with Crippen molar-refractivity contribution in [3.05, 3.63) is 106 Å². The van der Waals surface area contributed by atoms with Crippen molar-refractivity contribution >= 4 is 23.3 Å². The molecule has 1 amide bonds.